The van der Waals surface area contributed by atoms with E-state index in [-0.39, 0.29) is 18.3 Å². The zero-order valence-corrected chi connectivity index (χ0v) is 16.3. The van der Waals surface area contributed by atoms with E-state index in [4.69, 9.17) is 21.1 Å². The maximum Gasteiger partial charge on any atom is 0.271 e. The highest BCUT2D eigenvalue weighted by atomic mass is 35.5. The summed E-state index contributed by atoms with van der Waals surface area (Å²) in [6.45, 7) is 0.0189. The van der Waals surface area contributed by atoms with Gasteiger partial charge in [0.05, 0.1) is 13.3 Å². The van der Waals surface area contributed by atoms with Crippen LogP contribution < -0.4 is 14.9 Å². The van der Waals surface area contributed by atoms with Gasteiger partial charge < -0.3 is 9.47 Å². The molecule has 0 radical (unpaired) electrons. The van der Waals surface area contributed by atoms with Gasteiger partial charge in [-0.1, -0.05) is 35.9 Å². The van der Waals surface area contributed by atoms with Crippen molar-refractivity contribution in [3.63, 3.8) is 0 Å². The normalized spacial score (nSPS) is 10.7. The van der Waals surface area contributed by atoms with Crippen LogP contribution in [0.3, 0.4) is 0 Å². The second kappa shape index (κ2) is 9.71. The molecule has 3 rings (SSSR count). The van der Waals surface area contributed by atoms with Crippen LogP contribution in [-0.4, -0.2) is 19.2 Å². The number of benzene rings is 3. The van der Waals surface area contributed by atoms with Crippen molar-refractivity contribution in [3.8, 4) is 11.5 Å². The van der Waals surface area contributed by atoms with Gasteiger partial charge in [0.1, 0.15) is 12.4 Å². The van der Waals surface area contributed by atoms with Crippen LogP contribution >= 0.6 is 11.6 Å². The zero-order valence-electron chi connectivity index (χ0n) is 15.6. The van der Waals surface area contributed by atoms with E-state index in [0.717, 1.165) is 0 Å². The van der Waals surface area contributed by atoms with Crippen LogP contribution in [0, 0.1) is 5.82 Å². The molecule has 0 unspecified atom stereocenters. The summed E-state index contributed by atoms with van der Waals surface area (Å²) >= 11 is 5.82. The number of hydrogen-bond donors (Lipinski definition) is 1. The fourth-order valence-electron chi connectivity index (χ4n) is 2.54. The van der Waals surface area contributed by atoms with Gasteiger partial charge in [-0.3, -0.25) is 4.79 Å². The Bertz CT molecular complexity index is 1020. The van der Waals surface area contributed by atoms with Crippen molar-refractivity contribution in [1.82, 2.24) is 5.43 Å². The maximum absolute atomic E-state index is 13.9. The van der Waals surface area contributed by atoms with Gasteiger partial charge in [-0.15, -0.1) is 0 Å². The molecule has 0 aromatic heterocycles. The minimum atomic E-state index is -0.380. The molecular weight excluding hydrogens is 395 g/mol. The molecule has 29 heavy (non-hydrogen) atoms. The number of carbonyl (C=O) groups excluding carboxylic acids is 1. The average Bonchev–Trinajstić information content (AvgIpc) is 2.74. The molecule has 3 aromatic carbocycles. The highest BCUT2D eigenvalue weighted by Gasteiger charge is 2.11. The van der Waals surface area contributed by atoms with Gasteiger partial charge in [0.15, 0.2) is 11.5 Å². The standard InChI is InChI=1S/C22H18ClFN2O3/c1-28-20-8-4-6-16(21(20)29-14-17-5-2-3-7-19(17)24)13-25-26-22(27)15-9-11-18(23)12-10-15/h2-13H,14H2,1H3,(H,26,27)/b25-13+. The van der Waals surface area contributed by atoms with Gasteiger partial charge in [0.2, 0.25) is 0 Å². The van der Waals surface area contributed by atoms with Gasteiger partial charge in [0.25, 0.3) is 5.91 Å². The molecule has 0 aliphatic rings. The van der Waals surface area contributed by atoms with Crippen molar-refractivity contribution in [2.24, 2.45) is 5.10 Å². The summed E-state index contributed by atoms with van der Waals surface area (Å²) in [6.07, 6.45) is 1.44. The first-order chi connectivity index (χ1) is 14.1. The molecule has 0 bridgehead atoms. The number of para-hydroxylation sites is 1. The number of carbonyl (C=O) groups is 1. The second-order valence-electron chi connectivity index (χ2n) is 5.96. The van der Waals surface area contributed by atoms with Crippen LogP contribution in [0.4, 0.5) is 4.39 Å². The third-order valence-electron chi connectivity index (χ3n) is 4.04. The highest BCUT2D eigenvalue weighted by molar-refractivity contribution is 6.30. The third-order valence-corrected chi connectivity index (χ3v) is 4.29. The molecule has 0 saturated heterocycles. The number of amides is 1. The number of methoxy groups -OCH3 is 1. The third kappa shape index (κ3) is 5.33. The largest absolute Gasteiger partial charge is 0.493 e. The Kier molecular flexibility index (Phi) is 6.81. The highest BCUT2D eigenvalue weighted by Crippen LogP contribution is 2.31. The molecule has 1 amide bonds. The van der Waals surface area contributed by atoms with E-state index in [9.17, 15) is 9.18 Å². The number of halogens is 2. The van der Waals surface area contributed by atoms with Crippen molar-refractivity contribution in [2.45, 2.75) is 6.61 Å². The number of nitrogens with one attached hydrogen (secondary N) is 1. The van der Waals surface area contributed by atoms with E-state index in [1.165, 1.54) is 19.4 Å². The van der Waals surface area contributed by atoms with Gasteiger partial charge in [-0.2, -0.15) is 5.10 Å². The van der Waals surface area contributed by atoms with E-state index in [1.54, 1.807) is 60.7 Å². The van der Waals surface area contributed by atoms with Crippen molar-refractivity contribution in [3.05, 3.63) is 94.3 Å². The molecule has 0 heterocycles. The summed E-state index contributed by atoms with van der Waals surface area (Å²) in [5, 5.41) is 4.52. The molecule has 1 N–H and O–H groups in total. The van der Waals surface area contributed by atoms with Crippen molar-refractivity contribution in [2.75, 3.05) is 7.11 Å². The predicted molar refractivity (Wildman–Crippen MR) is 110 cm³/mol. The van der Waals surface area contributed by atoms with Gasteiger partial charge >= 0.3 is 0 Å². The molecule has 0 saturated carbocycles. The Hall–Kier alpha value is -3.38. The molecular formula is C22H18ClFN2O3. The Morgan fingerprint density at radius 2 is 1.86 bits per heavy atom. The predicted octanol–water partition coefficient (Wildman–Crippen LogP) is 4.83. The molecule has 5 nitrogen and oxygen atoms in total. The minimum absolute atomic E-state index is 0.0189. The van der Waals surface area contributed by atoms with E-state index in [1.807, 2.05) is 0 Å². The van der Waals surface area contributed by atoms with Crippen molar-refractivity contribution < 1.29 is 18.7 Å². The summed E-state index contributed by atoms with van der Waals surface area (Å²) in [5.74, 6) is 0.125. The number of hydrogen-bond acceptors (Lipinski definition) is 4. The lowest BCUT2D eigenvalue weighted by Crippen LogP contribution is -2.17. The quantitative estimate of drug-likeness (QED) is 0.446. The Morgan fingerprint density at radius 3 is 2.59 bits per heavy atom. The lowest BCUT2D eigenvalue weighted by molar-refractivity contribution is 0.0955. The van der Waals surface area contributed by atoms with Crippen LogP contribution in [0.25, 0.3) is 0 Å². The molecule has 7 heteroatoms. The summed E-state index contributed by atoms with van der Waals surface area (Å²) in [7, 11) is 1.51. The maximum atomic E-state index is 13.9. The first-order valence-electron chi connectivity index (χ1n) is 8.70. The molecule has 3 aromatic rings. The topological polar surface area (TPSA) is 59.9 Å². The van der Waals surface area contributed by atoms with E-state index in [2.05, 4.69) is 10.5 Å². The zero-order chi connectivity index (χ0) is 20.6. The minimum Gasteiger partial charge on any atom is -0.493 e. The summed E-state index contributed by atoms with van der Waals surface area (Å²) in [4.78, 5) is 12.1. The van der Waals surface area contributed by atoms with Crippen molar-refractivity contribution in [1.29, 1.82) is 0 Å². The lowest BCUT2D eigenvalue weighted by Gasteiger charge is -2.13. The van der Waals surface area contributed by atoms with Crippen LogP contribution in [0.15, 0.2) is 71.8 Å². The Balaban J connectivity index is 1.74. The molecule has 0 fully saturated rings. The number of nitrogens with zero attached hydrogens (tertiary/aromatic N) is 1. The SMILES string of the molecule is COc1cccc(/C=N/NC(=O)c2ccc(Cl)cc2)c1OCc1ccccc1F. The van der Waals surface area contributed by atoms with E-state index in [0.29, 0.717) is 33.2 Å². The van der Waals surface area contributed by atoms with Gasteiger partial charge in [0, 0.05) is 21.7 Å². The lowest BCUT2D eigenvalue weighted by atomic mass is 10.2. The second-order valence-corrected chi connectivity index (χ2v) is 6.40. The number of ether oxygens (including phenoxy) is 2. The fourth-order valence-corrected chi connectivity index (χ4v) is 2.67. The Morgan fingerprint density at radius 1 is 1.10 bits per heavy atom. The Labute approximate surface area is 172 Å². The van der Waals surface area contributed by atoms with Crippen LogP contribution in [0.1, 0.15) is 21.5 Å². The summed E-state index contributed by atoms with van der Waals surface area (Å²) < 4.78 is 25.0. The molecule has 0 atom stereocenters. The van der Waals surface area contributed by atoms with E-state index < -0.39 is 0 Å². The summed E-state index contributed by atoms with van der Waals surface area (Å²) in [6, 6.07) is 18.0. The van der Waals surface area contributed by atoms with Crippen LogP contribution in [0.5, 0.6) is 11.5 Å². The number of hydrazone groups is 1. The number of rotatable bonds is 7. The molecule has 0 aliphatic heterocycles. The average molecular weight is 413 g/mol. The monoisotopic (exact) mass is 412 g/mol. The smallest absolute Gasteiger partial charge is 0.271 e. The molecule has 0 spiro atoms. The van der Waals surface area contributed by atoms with E-state index >= 15 is 0 Å². The molecule has 148 valence electrons. The fraction of sp³-hybridized carbons (Fsp3) is 0.0909. The first-order valence-corrected chi connectivity index (χ1v) is 9.08. The van der Waals surface area contributed by atoms with Gasteiger partial charge in [-0.05, 0) is 42.5 Å². The van der Waals surface area contributed by atoms with Crippen LogP contribution in [-0.2, 0) is 6.61 Å². The van der Waals surface area contributed by atoms with Gasteiger partial charge in [-0.25, -0.2) is 9.82 Å². The van der Waals surface area contributed by atoms with Crippen LogP contribution in [0.2, 0.25) is 5.02 Å². The summed E-state index contributed by atoms with van der Waals surface area (Å²) in [5.41, 5.74) is 3.85. The molecule has 0 aliphatic carbocycles. The van der Waals surface area contributed by atoms with Crippen molar-refractivity contribution >= 4 is 23.7 Å². The first kappa shape index (κ1) is 20.4.